The molecule has 0 aliphatic heterocycles. The second kappa shape index (κ2) is 7.23. The molecule has 2 atom stereocenters. The van der Waals surface area contributed by atoms with Crippen LogP contribution in [0.5, 0.6) is 0 Å². The Balaban J connectivity index is 2.37. The van der Waals surface area contributed by atoms with Crippen molar-refractivity contribution in [2.45, 2.75) is 36.9 Å². The van der Waals surface area contributed by atoms with E-state index in [1.165, 1.54) is 0 Å². The van der Waals surface area contributed by atoms with Crippen LogP contribution in [-0.2, 0) is 12.8 Å². The van der Waals surface area contributed by atoms with Gasteiger partial charge in [-0.1, -0.05) is 23.2 Å². The molecule has 21 heavy (non-hydrogen) atoms. The lowest BCUT2D eigenvalue weighted by Gasteiger charge is -2.11. The van der Waals surface area contributed by atoms with Crippen LogP contribution < -0.4 is 0 Å². The number of hydrogen-bond donors (Lipinski definition) is 1. The number of aromatic amines is 1. The van der Waals surface area contributed by atoms with Crippen LogP contribution in [0.25, 0.3) is 10.9 Å². The fraction of sp³-hybridized carbons (Fsp3) is 0.400. The Kier molecular flexibility index (Phi) is 5.59. The van der Waals surface area contributed by atoms with Gasteiger partial charge in [0.25, 0.3) is 0 Å². The lowest BCUT2D eigenvalue weighted by atomic mass is 9.96. The number of rotatable bonds is 7. The van der Waals surface area contributed by atoms with E-state index in [2.05, 4.69) is 4.98 Å². The maximum atomic E-state index is 12.9. The number of nitrogens with one attached hydrogen (secondary N) is 1. The minimum Gasteiger partial charge on any atom is -0.360 e. The zero-order valence-corrected chi connectivity index (χ0v) is 12.7. The van der Waals surface area contributed by atoms with Crippen molar-refractivity contribution in [2.75, 3.05) is 0 Å². The summed E-state index contributed by atoms with van der Waals surface area (Å²) in [7, 11) is 0. The van der Waals surface area contributed by atoms with Crippen molar-refractivity contribution in [2.24, 2.45) is 0 Å². The molecule has 1 N–H and O–H groups in total. The summed E-state index contributed by atoms with van der Waals surface area (Å²) in [5.41, 5.74) is 0.259. The molecule has 0 amide bonds. The minimum absolute atomic E-state index is 0.167. The molecule has 2 unspecified atom stereocenters. The molecule has 6 heteroatoms. The first-order valence-corrected chi connectivity index (χ1v) is 7.53. The molecule has 0 aliphatic carbocycles. The van der Waals surface area contributed by atoms with Gasteiger partial charge in [0.15, 0.2) is 17.5 Å². The SMILES string of the molecule is O=Cc1c[nH]c2cc(CCC(F)Cl)c(CCC(F)Cl)cc12. The summed E-state index contributed by atoms with van der Waals surface area (Å²) in [4.78, 5) is 14.0. The molecule has 0 spiro atoms. The summed E-state index contributed by atoms with van der Waals surface area (Å²) in [6.45, 7) is 0. The van der Waals surface area contributed by atoms with Crippen LogP contribution in [0.4, 0.5) is 8.78 Å². The molecule has 114 valence electrons. The summed E-state index contributed by atoms with van der Waals surface area (Å²) in [5.74, 6) is 0. The number of aromatic nitrogens is 1. The topological polar surface area (TPSA) is 32.9 Å². The predicted molar refractivity (Wildman–Crippen MR) is 81.8 cm³/mol. The number of halogens is 4. The van der Waals surface area contributed by atoms with Gasteiger partial charge in [-0.2, -0.15) is 0 Å². The van der Waals surface area contributed by atoms with Crippen LogP contribution in [0.2, 0.25) is 0 Å². The lowest BCUT2D eigenvalue weighted by molar-refractivity contribution is 0.112. The molecule has 0 fully saturated rings. The van der Waals surface area contributed by atoms with Crippen molar-refractivity contribution >= 4 is 40.4 Å². The van der Waals surface area contributed by atoms with Crippen LogP contribution in [0.3, 0.4) is 0 Å². The van der Waals surface area contributed by atoms with Gasteiger partial charge >= 0.3 is 0 Å². The third kappa shape index (κ3) is 4.17. The number of hydrogen-bond acceptors (Lipinski definition) is 1. The monoisotopic (exact) mass is 333 g/mol. The quantitative estimate of drug-likeness (QED) is 0.566. The van der Waals surface area contributed by atoms with Gasteiger partial charge in [-0.15, -0.1) is 0 Å². The Bertz CT molecular complexity index is 625. The summed E-state index contributed by atoms with van der Waals surface area (Å²) < 4.78 is 25.7. The van der Waals surface area contributed by atoms with Crippen molar-refractivity contribution in [3.05, 3.63) is 35.0 Å². The van der Waals surface area contributed by atoms with Gasteiger partial charge in [-0.05, 0) is 48.9 Å². The van der Waals surface area contributed by atoms with E-state index in [0.29, 0.717) is 18.4 Å². The van der Waals surface area contributed by atoms with Crippen LogP contribution in [-0.4, -0.2) is 22.5 Å². The van der Waals surface area contributed by atoms with Gasteiger partial charge in [-0.3, -0.25) is 4.79 Å². The molecule has 0 aliphatic rings. The van der Waals surface area contributed by atoms with Gasteiger partial charge < -0.3 is 4.98 Å². The molecule has 2 nitrogen and oxygen atoms in total. The molecule has 0 radical (unpaired) electrons. The smallest absolute Gasteiger partial charge is 0.173 e. The van der Waals surface area contributed by atoms with Gasteiger partial charge in [-0.25, -0.2) is 8.78 Å². The third-order valence-corrected chi connectivity index (χ3v) is 3.86. The average molecular weight is 334 g/mol. The molecule has 1 aromatic heterocycles. The predicted octanol–water partition coefficient (Wildman–Crippen LogP) is 4.91. The maximum absolute atomic E-state index is 12.9. The van der Waals surface area contributed by atoms with E-state index in [-0.39, 0.29) is 12.8 Å². The van der Waals surface area contributed by atoms with Crippen LogP contribution >= 0.6 is 23.2 Å². The van der Waals surface area contributed by atoms with Crippen molar-refractivity contribution in [1.82, 2.24) is 4.98 Å². The van der Waals surface area contributed by atoms with Gasteiger partial charge in [0.2, 0.25) is 0 Å². The van der Waals surface area contributed by atoms with Crippen molar-refractivity contribution in [3.63, 3.8) is 0 Å². The summed E-state index contributed by atoms with van der Waals surface area (Å²) >= 11 is 10.7. The van der Waals surface area contributed by atoms with Crippen molar-refractivity contribution in [1.29, 1.82) is 0 Å². The standard InChI is InChI=1S/C15H15Cl2F2NO/c16-14(18)3-1-9-5-12-11(8-21)7-20-13(12)6-10(9)2-4-15(17)19/h5-8,14-15,20H,1-4H2. The molecule has 0 bridgehead atoms. The zero-order valence-electron chi connectivity index (χ0n) is 11.2. The minimum atomic E-state index is -1.42. The van der Waals surface area contributed by atoms with Crippen LogP contribution in [0, 0.1) is 0 Å². The Morgan fingerprint density at radius 2 is 1.67 bits per heavy atom. The molecular formula is C15H15Cl2F2NO. The maximum Gasteiger partial charge on any atom is 0.173 e. The number of benzene rings is 1. The van der Waals surface area contributed by atoms with E-state index in [4.69, 9.17) is 23.2 Å². The summed E-state index contributed by atoms with van der Waals surface area (Å²) in [6.07, 6.45) is 3.60. The molecule has 1 heterocycles. The van der Waals surface area contributed by atoms with Crippen LogP contribution in [0.15, 0.2) is 18.3 Å². The van der Waals surface area contributed by atoms with E-state index in [0.717, 1.165) is 28.3 Å². The highest BCUT2D eigenvalue weighted by atomic mass is 35.5. The van der Waals surface area contributed by atoms with E-state index < -0.39 is 11.3 Å². The number of carbonyl (C=O) groups excluding carboxylic acids is 1. The lowest BCUT2D eigenvalue weighted by Crippen LogP contribution is -2.01. The Labute approximate surface area is 131 Å². The number of alkyl halides is 4. The van der Waals surface area contributed by atoms with Crippen LogP contribution in [0.1, 0.15) is 34.3 Å². The first-order valence-electron chi connectivity index (χ1n) is 6.65. The zero-order chi connectivity index (χ0) is 15.4. The number of carbonyl (C=O) groups is 1. The number of H-pyrrole nitrogens is 1. The third-order valence-electron chi connectivity index (χ3n) is 3.42. The van der Waals surface area contributed by atoms with Gasteiger partial charge in [0.1, 0.15) is 0 Å². The summed E-state index contributed by atoms with van der Waals surface area (Å²) in [6, 6.07) is 3.70. The normalized spacial score (nSPS) is 14.3. The molecule has 0 saturated carbocycles. The number of aryl methyl sites for hydroxylation is 2. The van der Waals surface area contributed by atoms with Gasteiger partial charge in [0.05, 0.1) is 0 Å². The highest BCUT2D eigenvalue weighted by Gasteiger charge is 2.12. The van der Waals surface area contributed by atoms with E-state index in [1.54, 1.807) is 6.20 Å². The molecule has 2 rings (SSSR count). The number of fused-ring (bicyclic) bond motifs is 1. The van der Waals surface area contributed by atoms with E-state index in [1.807, 2.05) is 12.1 Å². The highest BCUT2D eigenvalue weighted by molar-refractivity contribution is 6.19. The first-order chi connectivity index (χ1) is 10.0. The second-order valence-corrected chi connectivity index (χ2v) is 5.84. The Morgan fingerprint density at radius 3 is 2.19 bits per heavy atom. The molecular weight excluding hydrogens is 319 g/mol. The Hall–Kier alpha value is -1.13. The first kappa shape index (κ1) is 16.2. The van der Waals surface area contributed by atoms with E-state index in [9.17, 15) is 13.6 Å². The highest BCUT2D eigenvalue weighted by Crippen LogP contribution is 2.26. The van der Waals surface area contributed by atoms with E-state index >= 15 is 0 Å². The largest absolute Gasteiger partial charge is 0.360 e. The second-order valence-electron chi connectivity index (χ2n) is 4.89. The number of aldehydes is 1. The molecule has 2 aromatic rings. The average Bonchev–Trinajstić information content (AvgIpc) is 2.83. The fourth-order valence-electron chi connectivity index (χ4n) is 2.37. The Morgan fingerprint density at radius 1 is 1.10 bits per heavy atom. The molecule has 1 aromatic carbocycles. The van der Waals surface area contributed by atoms with Gasteiger partial charge in [0, 0.05) is 22.7 Å². The van der Waals surface area contributed by atoms with Crippen molar-refractivity contribution in [3.8, 4) is 0 Å². The fourth-order valence-corrected chi connectivity index (χ4v) is 2.59. The molecule has 0 saturated heterocycles. The van der Waals surface area contributed by atoms with Crippen molar-refractivity contribution < 1.29 is 13.6 Å². The summed E-state index contributed by atoms with van der Waals surface area (Å²) in [5, 5.41) is 0.774.